The highest BCUT2D eigenvalue weighted by Gasteiger charge is 2.16. The van der Waals surface area contributed by atoms with Crippen molar-refractivity contribution >= 4 is 23.2 Å². The number of benzene rings is 4. The lowest BCUT2D eigenvalue weighted by Crippen LogP contribution is -1.99. The van der Waals surface area contributed by atoms with E-state index in [9.17, 15) is 5.11 Å². The zero-order chi connectivity index (χ0) is 22.1. The first kappa shape index (κ1) is 20.4. The molecule has 1 N–H and O–H groups in total. The van der Waals surface area contributed by atoms with Gasteiger partial charge in [0, 0.05) is 21.2 Å². The minimum atomic E-state index is 0.228. The van der Waals surface area contributed by atoms with Crippen LogP contribution in [0.15, 0.2) is 103 Å². The van der Waals surface area contributed by atoms with Gasteiger partial charge in [-0.1, -0.05) is 71.7 Å². The molecular formula is C27H18Cl2N2O. The molecule has 0 saturated heterocycles. The van der Waals surface area contributed by atoms with Gasteiger partial charge in [-0.15, -0.1) is 0 Å². The quantitative estimate of drug-likeness (QED) is 0.298. The third kappa shape index (κ3) is 4.01. The number of phenols is 1. The average molecular weight is 457 g/mol. The van der Waals surface area contributed by atoms with E-state index in [1.807, 2.05) is 89.6 Å². The second-order valence-electron chi connectivity index (χ2n) is 7.41. The van der Waals surface area contributed by atoms with Crippen LogP contribution in [0.2, 0.25) is 10.0 Å². The van der Waals surface area contributed by atoms with Crippen molar-refractivity contribution in [3.63, 3.8) is 0 Å². The Hall–Kier alpha value is -3.53. The van der Waals surface area contributed by atoms with E-state index in [0.717, 1.165) is 39.3 Å². The Labute approximate surface area is 196 Å². The lowest BCUT2D eigenvalue weighted by Gasteiger charge is -2.09. The van der Waals surface area contributed by atoms with Gasteiger partial charge in [-0.25, -0.2) is 4.68 Å². The predicted octanol–water partition coefficient (Wildman–Crippen LogP) is 7.89. The topological polar surface area (TPSA) is 38.0 Å². The van der Waals surface area contributed by atoms with Gasteiger partial charge in [-0.05, 0) is 65.7 Å². The van der Waals surface area contributed by atoms with Crippen molar-refractivity contribution in [1.29, 1.82) is 0 Å². The van der Waals surface area contributed by atoms with E-state index < -0.39 is 0 Å². The standard InChI is InChI=1S/C27H18Cl2N2O/c28-20-10-8-18(9-11-20)27-17-26(30-31(27)22-14-12-21(29)13-15-22)25-7-2-1-6-24(25)19-4-3-5-23(32)16-19/h1-17,32H. The van der Waals surface area contributed by atoms with Crippen molar-refractivity contribution < 1.29 is 5.11 Å². The summed E-state index contributed by atoms with van der Waals surface area (Å²) in [4.78, 5) is 0. The van der Waals surface area contributed by atoms with Gasteiger partial charge >= 0.3 is 0 Å². The molecule has 5 heteroatoms. The fraction of sp³-hybridized carbons (Fsp3) is 0. The van der Waals surface area contributed by atoms with Crippen LogP contribution in [-0.2, 0) is 0 Å². The number of halogens is 2. The second-order valence-corrected chi connectivity index (χ2v) is 8.28. The first-order chi connectivity index (χ1) is 15.6. The van der Waals surface area contributed by atoms with Gasteiger partial charge in [-0.2, -0.15) is 5.10 Å². The summed E-state index contributed by atoms with van der Waals surface area (Å²) in [6, 6.07) is 32.7. The van der Waals surface area contributed by atoms with Crippen LogP contribution in [0.5, 0.6) is 5.75 Å². The molecule has 156 valence electrons. The van der Waals surface area contributed by atoms with Gasteiger partial charge in [0.1, 0.15) is 5.75 Å². The molecule has 0 atom stereocenters. The van der Waals surface area contributed by atoms with E-state index >= 15 is 0 Å². The van der Waals surface area contributed by atoms with Gasteiger partial charge in [-0.3, -0.25) is 0 Å². The van der Waals surface area contributed by atoms with Crippen LogP contribution in [0.4, 0.5) is 0 Å². The summed E-state index contributed by atoms with van der Waals surface area (Å²) in [6.45, 7) is 0. The van der Waals surface area contributed by atoms with Crippen molar-refractivity contribution in [3.8, 4) is 45.1 Å². The molecule has 4 aromatic carbocycles. The van der Waals surface area contributed by atoms with Crippen LogP contribution in [0.25, 0.3) is 39.3 Å². The average Bonchev–Trinajstić information content (AvgIpc) is 3.25. The Bertz CT molecular complexity index is 1330. The minimum Gasteiger partial charge on any atom is -0.508 e. The Morgan fingerprint density at radius 1 is 0.625 bits per heavy atom. The molecule has 0 saturated carbocycles. The fourth-order valence-corrected chi connectivity index (χ4v) is 4.00. The third-order valence-corrected chi connectivity index (χ3v) is 5.78. The van der Waals surface area contributed by atoms with Crippen molar-refractivity contribution in [2.75, 3.05) is 0 Å². The maximum atomic E-state index is 9.98. The fourth-order valence-electron chi connectivity index (χ4n) is 3.75. The molecular weight excluding hydrogens is 439 g/mol. The molecule has 0 amide bonds. The molecule has 3 nitrogen and oxygen atoms in total. The summed E-state index contributed by atoms with van der Waals surface area (Å²) in [6.07, 6.45) is 0. The molecule has 0 aliphatic heterocycles. The number of aromatic nitrogens is 2. The molecule has 1 aromatic heterocycles. The van der Waals surface area contributed by atoms with Gasteiger partial charge in [0.05, 0.1) is 17.1 Å². The van der Waals surface area contributed by atoms with Crippen LogP contribution in [0.1, 0.15) is 0 Å². The second kappa shape index (κ2) is 8.54. The normalized spacial score (nSPS) is 10.9. The SMILES string of the molecule is Oc1cccc(-c2ccccc2-c2cc(-c3ccc(Cl)cc3)n(-c3ccc(Cl)cc3)n2)c1. The summed E-state index contributed by atoms with van der Waals surface area (Å²) in [7, 11) is 0. The lowest BCUT2D eigenvalue weighted by atomic mass is 9.97. The zero-order valence-electron chi connectivity index (χ0n) is 16.9. The number of phenolic OH excluding ortho intramolecular Hbond substituents is 1. The highest BCUT2D eigenvalue weighted by molar-refractivity contribution is 6.30. The number of hydrogen-bond donors (Lipinski definition) is 1. The molecule has 1 heterocycles. The molecule has 0 bridgehead atoms. The van der Waals surface area contributed by atoms with Crippen molar-refractivity contribution in [3.05, 3.63) is 113 Å². The van der Waals surface area contributed by atoms with Crippen LogP contribution < -0.4 is 0 Å². The van der Waals surface area contributed by atoms with Gasteiger partial charge < -0.3 is 5.11 Å². The third-order valence-electron chi connectivity index (χ3n) is 5.28. The summed E-state index contributed by atoms with van der Waals surface area (Å²) in [5, 5.41) is 16.3. The van der Waals surface area contributed by atoms with Crippen LogP contribution in [0, 0.1) is 0 Å². The van der Waals surface area contributed by atoms with E-state index in [-0.39, 0.29) is 5.75 Å². The molecule has 5 aromatic rings. The summed E-state index contributed by atoms with van der Waals surface area (Å²) >= 11 is 12.2. The van der Waals surface area contributed by atoms with Gasteiger partial charge in [0.2, 0.25) is 0 Å². The number of aromatic hydroxyl groups is 1. The zero-order valence-corrected chi connectivity index (χ0v) is 18.4. The van der Waals surface area contributed by atoms with Crippen molar-refractivity contribution in [1.82, 2.24) is 9.78 Å². The monoisotopic (exact) mass is 456 g/mol. The molecule has 0 aliphatic rings. The van der Waals surface area contributed by atoms with E-state index in [1.54, 1.807) is 12.1 Å². The van der Waals surface area contributed by atoms with E-state index in [0.29, 0.717) is 10.0 Å². The largest absolute Gasteiger partial charge is 0.508 e. The maximum Gasteiger partial charge on any atom is 0.116 e. The molecule has 5 rings (SSSR count). The highest BCUT2D eigenvalue weighted by atomic mass is 35.5. The first-order valence-corrected chi connectivity index (χ1v) is 10.8. The lowest BCUT2D eigenvalue weighted by molar-refractivity contribution is 0.475. The Morgan fingerprint density at radius 2 is 1.28 bits per heavy atom. The summed E-state index contributed by atoms with van der Waals surface area (Å²) in [5.74, 6) is 0.228. The number of nitrogens with zero attached hydrogens (tertiary/aromatic N) is 2. The van der Waals surface area contributed by atoms with Crippen molar-refractivity contribution in [2.45, 2.75) is 0 Å². The Morgan fingerprint density at radius 3 is 1.97 bits per heavy atom. The van der Waals surface area contributed by atoms with Crippen LogP contribution in [-0.4, -0.2) is 14.9 Å². The smallest absolute Gasteiger partial charge is 0.116 e. The Balaban J connectivity index is 1.71. The van der Waals surface area contributed by atoms with E-state index in [4.69, 9.17) is 28.3 Å². The Kier molecular flexibility index (Phi) is 5.44. The van der Waals surface area contributed by atoms with E-state index in [1.165, 1.54) is 0 Å². The summed E-state index contributed by atoms with van der Waals surface area (Å²) in [5.41, 5.74) is 6.55. The van der Waals surface area contributed by atoms with Crippen LogP contribution in [0.3, 0.4) is 0 Å². The summed E-state index contributed by atoms with van der Waals surface area (Å²) < 4.78 is 1.91. The van der Waals surface area contributed by atoms with Crippen LogP contribution >= 0.6 is 23.2 Å². The van der Waals surface area contributed by atoms with E-state index in [2.05, 4.69) is 6.07 Å². The van der Waals surface area contributed by atoms with Crippen molar-refractivity contribution in [2.24, 2.45) is 0 Å². The van der Waals surface area contributed by atoms with Gasteiger partial charge in [0.25, 0.3) is 0 Å². The highest BCUT2D eigenvalue weighted by Crippen LogP contribution is 2.36. The molecule has 0 aliphatic carbocycles. The number of hydrogen-bond acceptors (Lipinski definition) is 2. The first-order valence-electron chi connectivity index (χ1n) is 10.1. The predicted molar refractivity (Wildman–Crippen MR) is 132 cm³/mol. The maximum absolute atomic E-state index is 9.98. The molecule has 0 radical (unpaired) electrons. The molecule has 0 unspecified atom stereocenters. The number of rotatable bonds is 4. The molecule has 0 fully saturated rings. The van der Waals surface area contributed by atoms with Gasteiger partial charge in [0.15, 0.2) is 0 Å². The molecule has 0 spiro atoms. The molecule has 32 heavy (non-hydrogen) atoms. The minimum absolute atomic E-state index is 0.228.